The standard InChI is InChI=1S/C30H36N2O3/c1-6-32(7-2)23-15-13-22(14-16-23)27-26(29(34)35-19-21-11-9-8-10-12-21)20(3)31-24-17-30(4,5)18-25(33)28(24)27/h8-16,27,31H,6-7,17-19H2,1-5H3. The number of ether oxygens (including phenoxy) is 1. The Bertz CT molecular complexity index is 1160. The first-order chi connectivity index (χ1) is 16.7. The fourth-order valence-corrected chi connectivity index (χ4v) is 5.31. The van der Waals surface area contributed by atoms with E-state index in [2.05, 4.69) is 62.2 Å². The maximum absolute atomic E-state index is 13.5. The minimum Gasteiger partial charge on any atom is -0.457 e. The summed E-state index contributed by atoms with van der Waals surface area (Å²) in [5, 5.41) is 3.41. The first-order valence-corrected chi connectivity index (χ1v) is 12.5. The number of ketones is 1. The largest absolute Gasteiger partial charge is 0.457 e. The van der Waals surface area contributed by atoms with E-state index in [4.69, 9.17) is 4.74 Å². The molecule has 0 spiro atoms. The van der Waals surface area contributed by atoms with Gasteiger partial charge in [0.05, 0.1) is 5.57 Å². The maximum atomic E-state index is 13.5. The number of Topliss-reactive ketones (excluding diaryl/α,β-unsaturated/α-hetero) is 1. The van der Waals surface area contributed by atoms with Crippen molar-refractivity contribution in [3.8, 4) is 0 Å². The average Bonchev–Trinajstić information content (AvgIpc) is 2.83. The number of benzene rings is 2. The van der Waals surface area contributed by atoms with Crippen molar-refractivity contribution < 1.29 is 14.3 Å². The smallest absolute Gasteiger partial charge is 0.337 e. The van der Waals surface area contributed by atoms with Crippen molar-refractivity contribution in [3.63, 3.8) is 0 Å². The van der Waals surface area contributed by atoms with Crippen LogP contribution in [0.25, 0.3) is 0 Å². The van der Waals surface area contributed by atoms with Gasteiger partial charge in [0.1, 0.15) is 6.61 Å². The minimum absolute atomic E-state index is 0.0995. The van der Waals surface area contributed by atoms with E-state index in [1.165, 1.54) is 0 Å². The molecule has 0 aromatic heterocycles. The number of hydrogen-bond acceptors (Lipinski definition) is 5. The van der Waals surface area contributed by atoms with Crippen LogP contribution in [0.2, 0.25) is 0 Å². The highest BCUT2D eigenvalue weighted by Gasteiger charge is 2.43. The van der Waals surface area contributed by atoms with Gasteiger partial charge in [0.15, 0.2) is 5.78 Å². The lowest BCUT2D eigenvalue weighted by molar-refractivity contribution is -0.140. The third kappa shape index (κ3) is 5.19. The number of allylic oxidation sites excluding steroid dienone is 3. The van der Waals surface area contributed by atoms with Crippen LogP contribution in [-0.4, -0.2) is 24.8 Å². The normalized spacial score (nSPS) is 19.2. The zero-order chi connectivity index (χ0) is 25.2. The molecule has 2 aliphatic rings. The van der Waals surface area contributed by atoms with E-state index in [-0.39, 0.29) is 23.8 Å². The molecule has 0 saturated heterocycles. The summed E-state index contributed by atoms with van der Waals surface area (Å²) >= 11 is 0. The Morgan fingerprint density at radius 1 is 1.03 bits per heavy atom. The fraction of sp³-hybridized carbons (Fsp3) is 0.400. The molecule has 35 heavy (non-hydrogen) atoms. The van der Waals surface area contributed by atoms with Crippen molar-refractivity contribution in [2.45, 2.75) is 60.0 Å². The first-order valence-electron chi connectivity index (χ1n) is 12.5. The lowest BCUT2D eigenvalue weighted by atomic mass is 9.68. The van der Waals surface area contributed by atoms with Gasteiger partial charge in [-0.2, -0.15) is 0 Å². The van der Waals surface area contributed by atoms with Crippen LogP contribution in [0.5, 0.6) is 0 Å². The van der Waals surface area contributed by atoms with Crippen LogP contribution < -0.4 is 10.2 Å². The first kappa shape index (κ1) is 24.8. The summed E-state index contributed by atoms with van der Waals surface area (Å²) < 4.78 is 5.76. The van der Waals surface area contributed by atoms with E-state index in [1.54, 1.807) is 0 Å². The summed E-state index contributed by atoms with van der Waals surface area (Å²) in [7, 11) is 0. The number of nitrogens with zero attached hydrogens (tertiary/aromatic N) is 1. The van der Waals surface area contributed by atoms with Crippen LogP contribution in [0.15, 0.2) is 77.1 Å². The van der Waals surface area contributed by atoms with Crippen molar-refractivity contribution in [1.29, 1.82) is 0 Å². The van der Waals surface area contributed by atoms with Gasteiger partial charge < -0.3 is 15.0 Å². The molecule has 184 valence electrons. The van der Waals surface area contributed by atoms with E-state index in [0.29, 0.717) is 17.6 Å². The average molecular weight is 473 g/mol. The summed E-state index contributed by atoms with van der Waals surface area (Å²) in [4.78, 5) is 29.2. The van der Waals surface area contributed by atoms with Gasteiger partial charge >= 0.3 is 5.97 Å². The van der Waals surface area contributed by atoms with Crippen LogP contribution in [0, 0.1) is 5.41 Å². The Labute approximate surface area is 208 Å². The van der Waals surface area contributed by atoms with Gasteiger partial charge in [-0.05, 0) is 55.9 Å². The number of carbonyl (C=O) groups is 2. The SMILES string of the molecule is CCN(CC)c1ccc(C2C(C(=O)OCc3ccccc3)=C(C)NC3=C2C(=O)CC(C)(C)C3)cc1. The van der Waals surface area contributed by atoms with Crippen molar-refractivity contribution in [2.24, 2.45) is 5.41 Å². The zero-order valence-corrected chi connectivity index (χ0v) is 21.5. The molecular weight excluding hydrogens is 436 g/mol. The van der Waals surface area contributed by atoms with E-state index < -0.39 is 5.92 Å². The van der Waals surface area contributed by atoms with Gasteiger partial charge in [0, 0.05) is 48.1 Å². The Hall–Kier alpha value is -3.34. The van der Waals surface area contributed by atoms with Crippen molar-refractivity contribution in [2.75, 3.05) is 18.0 Å². The molecule has 0 radical (unpaired) electrons. The van der Waals surface area contributed by atoms with Crippen LogP contribution >= 0.6 is 0 Å². The molecule has 1 N–H and O–H groups in total. The number of esters is 1. The van der Waals surface area contributed by atoms with Gasteiger partial charge in [-0.1, -0.05) is 56.3 Å². The molecule has 1 heterocycles. The molecule has 1 aliphatic carbocycles. The number of nitrogens with one attached hydrogen (secondary N) is 1. The summed E-state index contributed by atoms with van der Waals surface area (Å²) in [6.45, 7) is 12.4. The molecule has 0 fully saturated rings. The van der Waals surface area contributed by atoms with Crippen LogP contribution in [0.1, 0.15) is 64.5 Å². The molecule has 1 atom stereocenters. The van der Waals surface area contributed by atoms with Crippen LogP contribution in [-0.2, 0) is 20.9 Å². The number of anilines is 1. The summed E-state index contributed by atoms with van der Waals surface area (Å²) in [5.74, 6) is -0.729. The Morgan fingerprint density at radius 3 is 2.31 bits per heavy atom. The third-order valence-electron chi connectivity index (χ3n) is 7.03. The molecule has 0 amide bonds. The number of dihydropyridines is 1. The molecule has 1 aliphatic heterocycles. The lowest BCUT2D eigenvalue weighted by Gasteiger charge is -2.39. The van der Waals surface area contributed by atoms with Crippen molar-refractivity contribution in [3.05, 3.63) is 88.3 Å². The predicted molar refractivity (Wildman–Crippen MR) is 140 cm³/mol. The minimum atomic E-state index is -0.441. The van der Waals surface area contributed by atoms with Gasteiger partial charge in [-0.15, -0.1) is 0 Å². The molecule has 0 saturated carbocycles. The molecule has 5 nitrogen and oxygen atoms in total. The molecule has 4 rings (SSSR count). The molecule has 1 unspecified atom stereocenters. The number of carbonyl (C=O) groups excluding carboxylic acids is 2. The highest BCUT2D eigenvalue weighted by Crippen LogP contribution is 2.47. The Balaban J connectivity index is 1.73. The fourth-order valence-electron chi connectivity index (χ4n) is 5.31. The van der Waals surface area contributed by atoms with Gasteiger partial charge in [-0.3, -0.25) is 4.79 Å². The summed E-state index contributed by atoms with van der Waals surface area (Å²) in [6, 6.07) is 17.9. The van der Waals surface area contributed by atoms with Gasteiger partial charge in [0.2, 0.25) is 0 Å². The van der Waals surface area contributed by atoms with Crippen LogP contribution in [0.3, 0.4) is 0 Å². The topological polar surface area (TPSA) is 58.6 Å². The maximum Gasteiger partial charge on any atom is 0.337 e. The molecule has 2 aromatic rings. The van der Waals surface area contributed by atoms with Crippen molar-refractivity contribution >= 4 is 17.4 Å². The highest BCUT2D eigenvalue weighted by atomic mass is 16.5. The quantitative estimate of drug-likeness (QED) is 0.510. The van der Waals surface area contributed by atoms with E-state index in [0.717, 1.165) is 47.7 Å². The van der Waals surface area contributed by atoms with Gasteiger partial charge in [-0.25, -0.2) is 4.79 Å². The second-order valence-electron chi connectivity index (χ2n) is 10.3. The Kier molecular flexibility index (Phi) is 7.15. The number of hydrogen-bond donors (Lipinski definition) is 1. The second kappa shape index (κ2) is 10.1. The summed E-state index contributed by atoms with van der Waals surface area (Å²) in [6.07, 6.45) is 1.23. The summed E-state index contributed by atoms with van der Waals surface area (Å²) in [5.41, 5.74) is 5.79. The molecule has 5 heteroatoms. The zero-order valence-electron chi connectivity index (χ0n) is 21.5. The van der Waals surface area contributed by atoms with E-state index in [9.17, 15) is 9.59 Å². The van der Waals surface area contributed by atoms with Crippen molar-refractivity contribution in [1.82, 2.24) is 5.32 Å². The molecule has 0 bridgehead atoms. The van der Waals surface area contributed by atoms with Gasteiger partial charge in [0.25, 0.3) is 0 Å². The Morgan fingerprint density at radius 2 is 1.69 bits per heavy atom. The lowest BCUT2D eigenvalue weighted by Crippen LogP contribution is -2.38. The van der Waals surface area contributed by atoms with Crippen LogP contribution in [0.4, 0.5) is 5.69 Å². The highest BCUT2D eigenvalue weighted by molar-refractivity contribution is 6.04. The molecular formula is C30H36N2O3. The third-order valence-corrected chi connectivity index (χ3v) is 7.03. The van der Waals surface area contributed by atoms with E-state index in [1.807, 2.05) is 37.3 Å². The monoisotopic (exact) mass is 472 g/mol. The predicted octanol–water partition coefficient (Wildman–Crippen LogP) is 5.88. The molecule has 2 aromatic carbocycles. The van der Waals surface area contributed by atoms with E-state index >= 15 is 0 Å². The second-order valence-corrected chi connectivity index (χ2v) is 10.3. The number of rotatable bonds is 7.